The van der Waals surface area contributed by atoms with E-state index in [1.165, 1.54) is 0 Å². The molecule has 1 aromatic carbocycles. The number of hydrogen-bond donors (Lipinski definition) is 0. The summed E-state index contributed by atoms with van der Waals surface area (Å²) >= 11 is 0. The molecule has 0 aliphatic carbocycles. The highest BCUT2D eigenvalue weighted by atomic mass is 28.4. The lowest BCUT2D eigenvalue weighted by atomic mass is 10.1. The minimum absolute atomic E-state index is 0.00951. The average Bonchev–Trinajstić information content (AvgIpc) is 2.86. The number of amides is 1. The van der Waals surface area contributed by atoms with Gasteiger partial charge < -0.3 is 13.8 Å². The maximum absolute atomic E-state index is 13.9. The summed E-state index contributed by atoms with van der Waals surface area (Å²) in [6, 6.07) is 10.1. The van der Waals surface area contributed by atoms with Crippen molar-refractivity contribution in [3.63, 3.8) is 0 Å². The number of hydrogen-bond acceptors (Lipinski definition) is 3. The van der Waals surface area contributed by atoms with E-state index in [9.17, 15) is 4.79 Å². The van der Waals surface area contributed by atoms with E-state index in [0.717, 1.165) is 5.56 Å². The summed E-state index contributed by atoms with van der Waals surface area (Å²) in [7, 11) is -4.32. The van der Waals surface area contributed by atoms with Crippen LogP contribution in [0.3, 0.4) is 0 Å². The van der Waals surface area contributed by atoms with Gasteiger partial charge in [0, 0.05) is 6.54 Å². The van der Waals surface area contributed by atoms with Crippen LogP contribution in [0, 0.1) is 0 Å². The van der Waals surface area contributed by atoms with Gasteiger partial charge in [-0.1, -0.05) is 78.0 Å². The van der Waals surface area contributed by atoms with Gasteiger partial charge in [-0.3, -0.25) is 4.79 Å². The Balaban J connectivity index is 2.50. The van der Waals surface area contributed by atoms with Gasteiger partial charge in [0.25, 0.3) is 5.91 Å². The van der Waals surface area contributed by atoms with Gasteiger partial charge in [-0.15, -0.1) is 6.58 Å². The van der Waals surface area contributed by atoms with Crippen molar-refractivity contribution in [3.05, 3.63) is 48.6 Å². The third kappa shape index (κ3) is 5.82. The molecule has 4 nitrogen and oxygen atoms in total. The topological polar surface area (TPSA) is 38.8 Å². The Kier molecular flexibility index (Phi) is 8.08. The Morgan fingerprint density at radius 1 is 0.938 bits per heavy atom. The third-order valence-corrected chi connectivity index (χ3v) is 16.6. The van der Waals surface area contributed by atoms with Gasteiger partial charge in [0.1, 0.15) is 0 Å². The molecular weight excluding hydrogens is 430 g/mol. The van der Waals surface area contributed by atoms with Crippen LogP contribution in [0.5, 0.6) is 0 Å². The molecule has 1 fully saturated rings. The maximum atomic E-state index is 13.9. The van der Waals surface area contributed by atoms with Crippen LogP contribution in [0.25, 0.3) is 0 Å². The minimum Gasteiger partial charge on any atom is -0.409 e. The fourth-order valence-electron chi connectivity index (χ4n) is 3.52. The second kappa shape index (κ2) is 9.57. The Hall–Kier alpha value is -1.22. The Labute approximate surface area is 198 Å². The summed E-state index contributed by atoms with van der Waals surface area (Å²) in [5, 5.41) is 0.0543. The van der Waals surface area contributed by atoms with E-state index in [0.29, 0.717) is 13.0 Å². The van der Waals surface area contributed by atoms with Crippen molar-refractivity contribution in [2.24, 2.45) is 0 Å². The van der Waals surface area contributed by atoms with Crippen molar-refractivity contribution in [1.29, 1.82) is 0 Å². The fraction of sp³-hybridized carbons (Fsp3) is 0.654. The monoisotopic (exact) mass is 475 g/mol. The lowest BCUT2D eigenvalue weighted by Crippen LogP contribution is -2.53. The van der Waals surface area contributed by atoms with Crippen LogP contribution in [-0.4, -0.2) is 45.7 Å². The van der Waals surface area contributed by atoms with Crippen molar-refractivity contribution in [2.45, 2.75) is 109 Å². The molecule has 1 aromatic rings. The highest BCUT2D eigenvalue weighted by Gasteiger charge is 2.55. The van der Waals surface area contributed by atoms with Crippen LogP contribution in [0.4, 0.5) is 0 Å². The minimum atomic E-state index is -2.19. The SMILES string of the molecule is C=CCC1C(O[Si](C)(C)C(C)(C)C)C(O[Si](C)(C)C(C)(C)C)C(=O)N1Cc1ccccc1. The zero-order chi connectivity index (χ0) is 24.5. The zero-order valence-corrected chi connectivity index (χ0v) is 24.0. The summed E-state index contributed by atoms with van der Waals surface area (Å²) in [4.78, 5) is 15.8. The zero-order valence-electron chi connectivity index (χ0n) is 22.0. The lowest BCUT2D eigenvalue weighted by molar-refractivity contribution is -0.135. The van der Waals surface area contributed by atoms with Crippen molar-refractivity contribution in [1.82, 2.24) is 4.90 Å². The molecule has 0 bridgehead atoms. The smallest absolute Gasteiger partial charge is 0.253 e. The van der Waals surface area contributed by atoms with Gasteiger partial charge in [-0.05, 0) is 48.2 Å². The lowest BCUT2D eigenvalue weighted by Gasteiger charge is -2.43. The normalized spacial score (nSPS) is 23.0. The van der Waals surface area contributed by atoms with E-state index in [2.05, 4.69) is 86.4 Å². The second-order valence-corrected chi connectivity index (χ2v) is 21.7. The number of nitrogens with zero attached hydrogens (tertiary/aromatic N) is 1. The van der Waals surface area contributed by atoms with Gasteiger partial charge in [0.15, 0.2) is 22.7 Å². The van der Waals surface area contributed by atoms with Crippen LogP contribution < -0.4 is 0 Å². The van der Waals surface area contributed by atoms with E-state index in [1.807, 2.05) is 29.2 Å². The summed E-state index contributed by atoms with van der Waals surface area (Å²) in [5.41, 5.74) is 1.12. The number of benzene rings is 1. The van der Waals surface area contributed by atoms with E-state index in [-0.39, 0.29) is 28.1 Å². The van der Waals surface area contributed by atoms with Gasteiger partial charge >= 0.3 is 0 Å². The Morgan fingerprint density at radius 2 is 1.44 bits per heavy atom. The molecule has 1 amide bonds. The van der Waals surface area contributed by atoms with Crippen LogP contribution >= 0.6 is 0 Å². The van der Waals surface area contributed by atoms with E-state index in [1.54, 1.807) is 0 Å². The number of likely N-dealkylation sites (tertiary alicyclic amines) is 1. The first-order chi connectivity index (χ1) is 14.5. The molecule has 0 radical (unpaired) electrons. The number of carbonyl (C=O) groups is 1. The van der Waals surface area contributed by atoms with Crippen molar-refractivity contribution in [2.75, 3.05) is 0 Å². The highest BCUT2D eigenvalue weighted by molar-refractivity contribution is 6.74. The summed E-state index contributed by atoms with van der Waals surface area (Å²) in [6.45, 7) is 26.9. The van der Waals surface area contributed by atoms with Crippen LogP contribution in [0.15, 0.2) is 43.0 Å². The maximum Gasteiger partial charge on any atom is 0.253 e. The molecule has 1 aliphatic heterocycles. The second-order valence-electron chi connectivity index (χ2n) is 12.2. The standard InChI is InChI=1S/C26H45NO3Si2/c1-12-16-21-22(29-31(8,9)25(2,3)4)23(30-32(10,11)26(5,6)7)24(28)27(21)19-20-17-14-13-15-18-20/h12-15,17-18,21-23H,1,16,19H2,2-11H3. The first-order valence-electron chi connectivity index (χ1n) is 11.8. The van der Waals surface area contributed by atoms with E-state index < -0.39 is 22.7 Å². The molecule has 180 valence electrons. The number of rotatable bonds is 8. The summed E-state index contributed by atoms with van der Waals surface area (Å²) in [6.07, 6.45) is 1.74. The fourth-order valence-corrected chi connectivity index (χ4v) is 6.06. The number of carbonyl (C=O) groups excluding carboxylic acids is 1. The Bertz CT molecular complexity index is 794. The molecular formula is C26H45NO3Si2. The van der Waals surface area contributed by atoms with Crippen LogP contribution in [-0.2, 0) is 20.2 Å². The quantitative estimate of drug-likeness (QED) is 0.308. The highest BCUT2D eigenvalue weighted by Crippen LogP contribution is 2.43. The predicted octanol–water partition coefficient (Wildman–Crippen LogP) is 6.75. The first-order valence-corrected chi connectivity index (χ1v) is 17.6. The van der Waals surface area contributed by atoms with Gasteiger partial charge in [0.2, 0.25) is 0 Å². The third-order valence-electron chi connectivity index (χ3n) is 7.67. The molecule has 0 N–H and O–H groups in total. The largest absolute Gasteiger partial charge is 0.409 e. The van der Waals surface area contributed by atoms with Crippen LogP contribution in [0.2, 0.25) is 36.3 Å². The molecule has 0 saturated carbocycles. The average molecular weight is 476 g/mol. The predicted molar refractivity (Wildman–Crippen MR) is 140 cm³/mol. The van der Waals surface area contributed by atoms with Crippen molar-refractivity contribution < 1.29 is 13.6 Å². The van der Waals surface area contributed by atoms with E-state index in [4.69, 9.17) is 8.85 Å². The molecule has 1 heterocycles. The molecule has 0 spiro atoms. The molecule has 1 aliphatic rings. The Morgan fingerprint density at radius 3 is 1.91 bits per heavy atom. The molecule has 2 rings (SSSR count). The molecule has 1 saturated heterocycles. The summed E-state index contributed by atoms with van der Waals surface area (Å²) < 4.78 is 13.8. The van der Waals surface area contributed by atoms with Crippen LogP contribution in [0.1, 0.15) is 53.5 Å². The molecule has 32 heavy (non-hydrogen) atoms. The molecule has 6 heteroatoms. The molecule has 3 atom stereocenters. The van der Waals surface area contributed by atoms with Gasteiger partial charge in [-0.25, -0.2) is 0 Å². The first kappa shape index (κ1) is 27.0. The van der Waals surface area contributed by atoms with E-state index >= 15 is 0 Å². The van der Waals surface area contributed by atoms with Gasteiger partial charge in [0.05, 0.1) is 12.1 Å². The van der Waals surface area contributed by atoms with Crippen molar-refractivity contribution >= 4 is 22.5 Å². The van der Waals surface area contributed by atoms with Crippen molar-refractivity contribution in [3.8, 4) is 0 Å². The van der Waals surface area contributed by atoms with Gasteiger partial charge in [-0.2, -0.15) is 0 Å². The molecule has 0 aromatic heterocycles. The molecule has 3 unspecified atom stereocenters. The summed E-state index contributed by atoms with van der Waals surface area (Å²) in [5.74, 6) is 0.0502.